The predicted molar refractivity (Wildman–Crippen MR) is 80.6 cm³/mol. The Hall–Kier alpha value is -2.55. The number of benzene rings is 1. The normalized spacial score (nSPS) is 11.9. The van der Waals surface area contributed by atoms with Gasteiger partial charge in [-0.25, -0.2) is 13.4 Å². The van der Waals surface area contributed by atoms with Crippen molar-refractivity contribution in [3.8, 4) is 5.69 Å². The lowest BCUT2D eigenvalue weighted by Gasteiger charge is -2.04. The van der Waals surface area contributed by atoms with E-state index < -0.39 is 15.4 Å². The monoisotopic (exact) mass is 319 g/mol. The maximum Gasteiger partial charge on any atom is 0.283 e. The molecule has 8 nitrogen and oxygen atoms in total. The zero-order valence-corrected chi connectivity index (χ0v) is 12.6. The minimum absolute atomic E-state index is 0.0405. The van der Waals surface area contributed by atoms with Gasteiger partial charge in [0.05, 0.1) is 11.4 Å². The first kappa shape index (κ1) is 14.4. The molecule has 0 aliphatic rings. The van der Waals surface area contributed by atoms with E-state index in [2.05, 4.69) is 15.3 Å². The second-order valence-electron chi connectivity index (χ2n) is 4.88. The summed E-state index contributed by atoms with van der Waals surface area (Å²) in [5.74, 6) is -0.132. The number of nitrogens with zero attached hydrogens (tertiary/aromatic N) is 5. The van der Waals surface area contributed by atoms with Gasteiger partial charge in [-0.1, -0.05) is 23.4 Å². The average Bonchev–Trinajstić information content (AvgIpc) is 2.91. The van der Waals surface area contributed by atoms with Crippen molar-refractivity contribution >= 4 is 21.0 Å². The molecular weight excluding hydrogens is 306 g/mol. The minimum atomic E-state index is -3.16. The van der Waals surface area contributed by atoms with E-state index >= 15 is 0 Å². The number of rotatable bonds is 4. The van der Waals surface area contributed by atoms with Crippen molar-refractivity contribution < 1.29 is 8.42 Å². The molecule has 0 atom stereocenters. The summed E-state index contributed by atoms with van der Waals surface area (Å²) in [4.78, 5) is 16.5. The highest BCUT2D eigenvalue weighted by atomic mass is 32.2. The fraction of sp³-hybridized carbons (Fsp3) is 0.231. The molecule has 0 saturated heterocycles. The van der Waals surface area contributed by atoms with Crippen molar-refractivity contribution in [1.29, 1.82) is 0 Å². The van der Waals surface area contributed by atoms with Gasteiger partial charge in [0.2, 0.25) is 0 Å². The SMILES string of the molecule is CS(=O)(=O)CCn1cnc2c(nnn2-c2ccccc2)c1=O. The zero-order chi connectivity index (χ0) is 15.7. The molecule has 22 heavy (non-hydrogen) atoms. The van der Waals surface area contributed by atoms with Crippen molar-refractivity contribution in [2.45, 2.75) is 6.54 Å². The zero-order valence-electron chi connectivity index (χ0n) is 11.7. The molecule has 0 saturated carbocycles. The summed E-state index contributed by atoms with van der Waals surface area (Å²) in [7, 11) is -3.16. The van der Waals surface area contributed by atoms with Crippen LogP contribution in [0.3, 0.4) is 0 Å². The fourth-order valence-corrected chi connectivity index (χ4v) is 2.54. The van der Waals surface area contributed by atoms with E-state index in [1.807, 2.05) is 30.3 Å². The van der Waals surface area contributed by atoms with Crippen LogP contribution in [0.15, 0.2) is 41.5 Å². The van der Waals surface area contributed by atoms with Gasteiger partial charge in [-0.15, -0.1) is 5.10 Å². The summed E-state index contributed by atoms with van der Waals surface area (Å²) in [5.41, 5.74) is 0.785. The summed E-state index contributed by atoms with van der Waals surface area (Å²) >= 11 is 0. The van der Waals surface area contributed by atoms with Crippen molar-refractivity contribution in [1.82, 2.24) is 24.5 Å². The highest BCUT2D eigenvalue weighted by molar-refractivity contribution is 7.90. The lowest BCUT2D eigenvalue weighted by molar-refractivity contribution is 0.592. The third kappa shape index (κ3) is 2.75. The maximum atomic E-state index is 12.3. The molecule has 2 heterocycles. The Bertz CT molecular complexity index is 976. The number of aromatic nitrogens is 5. The third-order valence-corrected chi connectivity index (χ3v) is 4.06. The second kappa shape index (κ2) is 5.34. The van der Waals surface area contributed by atoms with Gasteiger partial charge >= 0.3 is 0 Å². The maximum absolute atomic E-state index is 12.3. The number of aryl methyl sites for hydroxylation is 1. The topological polar surface area (TPSA) is 99.7 Å². The Kier molecular flexibility index (Phi) is 3.49. The van der Waals surface area contributed by atoms with Gasteiger partial charge in [-0.2, -0.15) is 4.68 Å². The van der Waals surface area contributed by atoms with E-state index in [9.17, 15) is 13.2 Å². The Morgan fingerprint density at radius 1 is 1.18 bits per heavy atom. The van der Waals surface area contributed by atoms with E-state index in [0.717, 1.165) is 11.9 Å². The standard InChI is InChI=1S/C13H13N5O3S/c1-22(20,21)8-7-17-9-14-12-11(13(17)19)15-16-18(12)10-5-3-2-4-6-10/h2-6,9H,7-8H2,1H3. The lowest BCUT2D eigenvalue weighted by atomic mass is 10.3. The number of hydrogen-bond acceptors (Lipinski definition) is 6. The van der Waals surface area contributed by atoms with Crippen molar-refractivity contribution in [3.63, 3.8) is 0 Å². The van der Waals surface area contributed by atoms with Crippen LogP contribution >= 0.6 is 0 Å². The number of para-hydroxylation sites is 1. The van der Waals surface area contributed by atoms with Crippen LogP contribution in [0.1, 0.15) is 0 Å². The number of sulfone groups is 1. The molecule has 2 aromatic heterocycles. The van der Waals surface area contributed by atoms with Crippen LogP contribution in [0.5, 0.6) is 0 Å². The summed E-state index contributed by atoms with van der Waals surface area (Å²) in [6, 6.07) is 9.20. The molecule has 0 bridgehead atoms. The molecule has 0 N–H and O–H groups in total. The number of hydrogen-bond donors (Lipinski definition) is 0. The molecule has 0 amide bonds. The molecule has 9 heteroatoms. The van der Waals surface area contributed by atoms with Crippen LogP contribution in [0, 0.1) is 0 Å². The van der Waals surface area contributed by atoms with Gasteiger partial charge in [0.1, 0.15) is 16.2 Å². The molecule has 114 valence electrons. The number of fused-ring (bicyclic) bond motifs is 1. The van der Waals surface area contributed by atoms with Gasteiger partial charge in [0, 0.05) is 12.8 Å². The first-order chi connectivity index (χ1) is 10.5. The first-order valence-electron chi connectivity index (χ1n) is 6.50. The molecule has 3 aromatic rings. The van der Waals surface area contributed by atoms with Gasteiger partial charge in [0.15, 0.2) is 11.2 Å². The highest BCUT2D eigenvalue weighted by Gasteiger charge is 2.13. The van der Waals surface area contributed by atoms with Gasteiger partial charge in [0.25, 0.3) is 5.56 Å². The Balaban J connectivity index is 2.05. The molecule has 0 unspecified atom stereocenters. The van der Waals surface area contributed by atoms with E-state index in [0.29, 0.717) is 5.65 Å². The van der Waals surface area contributed by atoms with Crippen LogP contribution in [0.4, 0.5) is 0 Å². The van der Waals surface area contributed by atoms with Gasteiger partial charge < -0.3 is 0 Å². The minimum Gasteiger partial charge on any atom is -0.296 e. The highest BCUT2D eigenvalue weighted by Crippen LogP contribution is 2.10. The van der Waals surface area contributed by atoms with Crippen LogP contribution in [0.2, 0.25) is 0 Å². The third-order valence-electron chi connectivity index (χ3n) is 3.13. The predicted octanol–water partition coefficient (Wildman–Crippen LogP) is 0.0218. The van der Waals surface area contributed by atoms with Crippen molar-refractivity contribution in [2.24, 2.45) is 0 Å². The fourth-order valence-electron chi connectivity index (χ4n) is 2.01. The van der Waals surface area contributed by atoms with Crippen LogP contribution < -0.4 is 5.56 Å². The molecule has 0 spiro atoms. The molecule has 0 aliphatic carbocycles. The average molecular weight is 319 g/mol. The Morgan fingerprint density at radius 2 is 1.91 bits per heavy atom. The summed E-state index contributed by atoms with van der Waals surface area (Å²) in [5, 5.41) is 7.82. The first-order valence-corrected chi connectivity index (χ1v) is 8.56. The smallest absolute Gasteiger partial charge is 0.283 e. The van der Waals surface area contributed by atoms with Gasteiger partial charge in [-0.05, 0) is 12.1 Å². The van der Waals surface area contributed by atoms with Crippen molar-refractivity contribution in [3.05, 3.63) is 47.0 Å². The quantitative estimate of drug-likeness (QED) is 0.672. The second-order valence-corrected chi connectivity index (χ2v) is 7.14. The van der Waals surface area contributed by atoms with E-state index in [1.165, 1.54) is 15.6 Å². The largest absolute Gasteiger partial charge is 0.296 e. The van der Waals surface area contributed by atoms with Crippen LogP contribution in [0.25, 0.3) is 16.9 Å². The van der Waals surface area contributed by atoms with E-state index in [4.69, 9.17) is 0 Å². The molecule has 0 fully saturated rings. The van der Waals surface area contributed by atoms with E-state index in [1.54, 1.807) is 0 Å². The molecular formula is C13H13N5O3S. The Labute approximate surface area is 125 Å². The van der Waals surface area contributed by atoms with Crippen LogP contribution in [-0.2, 0) is 16.4 Å². The Morgan fingerprint density at radius 3 is 2.59 bits per heavy atom. The summed E-state index contributed by atoms with van der Waals surface area (Å²) in [6.45, 7) is 0.0405. The van der Waals surface area contributed by atoms with Crippen molar-refractivity contribution in [2.75, 3.05) is 12.0 Å². The molecule has 1 aromatic carbocycles. The molecule has 0 aliphatic heterocycles. The summed E-state index contributed by atoms with van der Waals surface area (Å²) < 4.78 is 25.1. The van der Waals surface area contributed by atoms with Gasteiger partial charge in [-0.3, -0.25) is 9.36 Å². The summed E-state index contributed by atoms with van der Waals surface area (Å²) in [6.07, 6.45) is 2.44. The van der Waals surface area contributed by atoms with Crippen LogP contribution in [-0.4, -0.2) is 45.0 Å². The lowest BCUT2D eigenvalue weighted by Crippen LogP contribution is -2.24. The van der Waals surface area contributed by atoms with E-state index in [-0.39, 0.29) is 17.8 Å². The molecule has 0 radical (unpaired) electrons. The molecule has 3 rings (SSSR count).